The fourth-order valence-corrected chi connectivity index (χ4v) is 6.06. The minimum atomic E-state index is -0.0408. The van der Waals surface area contributed by atoms with Crippen molar-refractivity contribution in [3.8, 4) is 11.5 Å². The molecule has 1 aliphatic heterocycles. The number of hydrogen-bond acceptors (Lipinski definition) is 5. The summed E-state index contributed by atoms with van der Waals surface area (Å²) in [6, 6.07) is 3.97. The number of aromatic hydroxyl groups is 1. The standard InChI is InChI=1S/C28H40N2O3S/c1-7-9-10-11-19-15-23(31)25(22-14-18(5)12-13-21(22)17(3)4)24(16-19)33-28(29-6)34-27-20(8-2)26(32)30-27/h14-16,20-22,27,31H,3,7-13H2,1-2,4-6H3,(H,30,32)/t20-,21-,22+,27+/m0/s1. The van der Waals surface area contributed by atoms with Crippen molar-refractivity contribution in [2.75, 3.05) is 7.05 Å². The summed E-state index contributed by atoms with van der Waals surface area (Å²) in [5.74, 6) is 1.22. The van der Waals surface area contributed by atoms with Crippen LogP contribution >= 0.6 is 11.8 Å². The lowest BCUT2D eigenvalue weighted by atomic mass is 9.73. The number of benzene rings is 1. The van der Waals surface area contributed by atoms with Crippen molar-refractivity contribution in [2.45, 2.75) is 83.9 Å². The first-order chi connectivity index (χ1) is 16.3. The molecular formula is C28H40N2O3S. The Hall–Kier alpha value is -2.21. The Kier molecular flexibility index (Phi) is 9.29. The second-order valence-corrected chi connectivity index (χ2v) is 10.8. The molecule has 0 radical (unpaired) electrons. The number of carbonyl (C=O) groups is 1. The molecule has 1 fully saturated rings. The van der Waals surface area contributed by atoms with Crippen LogP contribution in [0.1, 0.15) is 83.3 Å². The average Bonchev–Trinajstić information content (AvgIpc) is 2.78. The zero-order valence-corrected chi connectivity index (χ0v) is 22.1. The van der Waals surface area contributed by atoms with Crippen LogP contribution in [0.25, 0.3) is 0 Å². The van der Waals surface area contributed by atoms with E-state index in [-0.39, 0.29) is 34.8 Å². The number of rotatable bonds is 9. The first-order valence-corrected chi connectivity index (χ1v) is 13.5. The summed E-state index contributed by atoms with van der Waals surface area (Å²) < 4.78 is 6.42. The van der Waals surface area contributed by atoms with Gasteiger partial charge in [-0.05, 0) is 81.3 Å². The number of aryl methyl sites for hydroxylation is 1. The molecule has 2 N–H and O–H groups in total. The van der Waals surface area contributed by atoms with E-state index < -0.39 is 0 Å². The quantitative estimate of drug-likeness (QED) is 0.134. The van der Waals surface area contributed by atoms with Crippen molar-refractivity contribution in [2.24, 2.45) is 16.8 Å². The van der Waals surface area contributed by atoms with Crippen molar-refractivity contribution >= 4 is 22.9 Å². The average molecular weight is 485 g/mol. The minimum absolute atomic E-state index is 0.000781. The summed E-state index contributed by atoms with van der Waals surface area (Å²) in [5.41, 5.74) is 4.31. The molecule has 186 valence electrons. The first kappa shape index (κ1) is 26.4. The van der Waals surface area contributed by atoms with Gasteiger partial charge in [0, 0.05) is 18.5 Å². The highest BCUT2D eigenvalue weighted by atomic mass is 32.2. The molecule has 6 heteroatoms. The highest BCUT2D eigenvalue weighted by Crippen LogP contribution is 2.47. The number of thioether (sulfide) groups is 1. The van der Waals surface area contributed by atoms with Crippen molar-refractivity contribution in [1.29, 1.82) is 0 Å². The van der Waals surface area contributed by atoms with E-state index in [0.29, 0.717) is 11.0 Å². The van der Waals surface area contributed by atoms with Gasteiger partial charge in [-0.25, -0.2) is 4.99 Å². The summed E-state index contributed by atoms with van der Waals surface area (Å²) in [7, 11) is 1.70. The van der Waals surface area contributed by atoms with E-state index in [1.54, 1.807) is 7.05 Å². The first-order valence-electron chi connectivity index (χ1n) is 12.6. The molecule has 1 amide bonds. The van der Waals surface area contributed by atoms with Crippen molar-refractivity contribution in [1.82, 2.24) is 5.32 Å². The Morgan fingerprint density at radius 1 is 1.32 bits per heavy atom. The Morgan fingerprint density at radius 2 is 2.09 bits per heavy atom. The van der Waals surface area contributed by atoms with Gasteiger partial charge in [0.15, 0.2) is 0 Å². The van der Waals surface area contributed by atoms with Gasteiger partial charge in [0.2, 0.25) is 5.91 Å². The topological polar surface area (TPSA) is 70.9 Å². The minimum Gasteiger partial charge on any atom is -0.507 e. The third kappa shape index (κ3) is 6.07. The molecule has 0 saturated carbocycles. The van der Waals surface area contributed by atoms with E-state index in [2.05, 4.69) is 49.8 Å². The smallest absolute Gasteiger partial charge is 0.253 e. The molecule has 34 heavy (non-hydrogen) atoms. The lowest BCUT2D eigenvalue weighted by molar-refractivity contribution is -0.132. The third-order valence-corrected chi connectivity index (χ3v) is 8.16. The van der Waals surface area contributed by atoms with Gasteiger partial charge in [-0.2, -0.15) is 0 Å². The predicted octanol–water partition coefficient (Wildman–Crippen LogP) is 6.72. The van der Waals surface area contributed by atoms with Gasteiger partial charge in [0.05, 0.1) is 11.3 Å². The molecule has 0 aromatic heterocycles. The largest absolute Gasteiger partial charge is 0.507 e. The number of hydrogen-bond donors (Lipinski definition) is 2. The number of allylic oxidation sites excluding steroid dienone is 3. The van der Waals surface area contributed by atoms with Crippen LogP contribution in [0.3, 0.4) is 0 Å². The molecule has 1 saturated heterocycles. The number of nitrogens with zero attached hydrogens (tertiary/aromatic N) is 1. The zero-order chi connectivity index (χ0) is 24.8. The fourth-order valence-electron chi connectivity index (χ4n) is 4.94. The number of β-lactam (4-membered cyclic amide) rings is 1. The van der Waals surface area contributed by atoms with Crippen LogP contribution in [0.2, 0.25) is 0 Å². The summed E-state index contributed by atoms with van der Waals surface area (Å²) in [6.07, 6.45) is 9.35. The Bertz CT molecular complexity index is 969. The lowest BCUT2D eigenvalue weighted by Gasteiger charge is -2.35. The predicted molar refractivity (Wildman–Crippen MR) is 143 cm³/mol. The molecule has 5 nitrogen and oxygen atoms in total. The van der Waals surface area contributed by atoms with Crippen LogP contribution in [0.4, 0.5) is 0 Å². The van der Waals surface area contributed by atoms with Gasteiger partial charge >= 0.3 is 0 Å². The van der Waals surface area contributed by atoms with Crippen molar-refractivity contribution in [3.05, 3.63) is 47.1 Å². The van der Waals surface area contributed by atoms with E-state index >= 15 is 0 Å². The van der Waals surface area contributed by atoms with Gasteiger partial charge in [-0.15, -0.1) is 0 Å². The second kappa shape index (κ2) is 12.0. The van der Waals surface area contributed by atoms with Gasteiger partial charge in [-0.1, -0.05) is 50.5 Å². The van der Waals surface area contributed by atoms with Gasteiger partial charge in [0.25, 0.3) is 5.23 Å². The van der Waals surface area contributed by atoms with Crippen LogP contribution in [-0.2, 0) is 11.2 Å². The monoisotopic (exact) mass is 484 g/mol. The number of nitrogens with one attached hydrogen (secondary N) is 1. The molecule has 0 bridgehead atoms. The van der Waals surface area contributed by atoms with Gasteiger partial charge in [-0.3, -0.25) is 4.79 Å². The van der Waals surface area contributed by atoms with E-state index in [9.17, 15) is 9.90 Å². The number of unbranched alkanes of at least 4 members (excludes halogenated alkanes) is 2. The molecule has 4 atom stereocenters. The van der Waals surface area contributed by atoms with Crippen LogP contribution in [0.5, 0.6) is 11.5 Å². The van der Waals surface area contributed by atoms with Crippen LogP contribution < -0.4 is 10.1 Å². The number of phenols is 1. The van der Waals surface area contributed by atoms with Gasteiger partial charge < -0.3 is 15.2 Å². The van der Waals surface area contributed by atoms with Crippen LogP contribution in [0.15, 0.2) is 40.9 Å². The Morgan fingerprint density at radius 3 is 2.71 bits per heavy atom. The number of amides is 1. The SMILES string of the molecule is C=C(C)[C@@H]1CCC(C)=C[C@H]1c1c(O)cc(CCCCC)cc1OC(=NC)S[C@H]1NC(=O)[C@@H]1CC. The molecule has 1 aromatic rings. The summed E-state index contributed by atoms with van der Waals surface area (Å²) in [6.45, 7) is 12.7. The highest BCUT2D eigenvalue weighted by molar-refractivity contribution is 8.14. The number of carbonyl (C=O) groups excluding carboxylic acids is 1. The molecule has 2 aliphatic rings. The van der Waals surface area contributed by atoms with E-state index in [1.165, 1.54) is 17.3 Å². The number of phenolic OH excluding ortho intramolecular Hbond substituents is 1. The maximum atomic E-state index is 11.9. The van der Waals surface area contributed by atoms with E-state index in [1.807, 2.05) is 13.0 Å². The summed E-state index contributed by atoms with van der Waals surface area (Å²) >= 11 is 1.44. The molecule has 1 aliphatic carbocycles. The highest BCUT2D eigenvalue weighted by Gasteiger charge is 2.40. The summed E-state index contributed by atoms with van der Waals surface area (Å²) in [4.78, 5) is 16.2. The molecular weight excluding hydrogens is 444 g/mol. The van der Waals surface area contributed by atoms with E-state index in [4.69, 9.17) is 4.74 Å². The maximum absolute atomic E-state index is 11.9. The number of ether oxygens (including phenoxy) is 1. The van der Waals surface area contributed by atoms with Crippen molar-refractivity contribution in [3.63, 3.8) is 0 Å². The third-order valence-electron chi connectivity index (χ3n) is 7.00. The Balaban J connectivity index is 1.97. The van der Waals surface area contributed by atoms with Crippen LogP contribution in [-0.4, -0.2) is 28.7 Å². The maximum Gasteiger partial charge on any atom is 0.253 e. The molecule has 1 heterocycles. The molecule has 1 aromatic carbocycles. The molecule has 3 rings (SSSR count). The fraction of sp³-hybridized carbons (Fsp3) is 0.571. The Labute approximate surface area is 209 Å². The van der Waals surface area contributed by atoms with E-state index in [0.717, 1.165) is 61.6 Å². The van der Waals surface area contributed by atoms with Gasteiger partial charge in [0.1, 0.15) is 11.5 Å². The second-order valence-electron chi connectivity index (χ2n) is 9.67. The lowest BCUT2D eigenvalue weighted by Crippen LogP contribution is -2.56. The normalized spacial score (nSPS) is 24.8. The molecule has 0 unspecified atom stereocenters. The van der Waals surface area contributed by atoms with Crippen LogP contribution in [0, 0.1) is 11.8 Å². The molecule has 0 spiro atoms. The number of aliphatic imine (C=N–C) groups is 1. The van der Waals surface area contributed by atoms with Crippen molar-refractivity contribution < 1.29 is 14.6 Å². The zero-order valence-electron chi connectivity index (χ0n) is 21.3. The summed E-state index contributed by atoms with van der Waals surface area (Å²) in [5, 5.41) is 14.7.